The SMILES string of the molecule is C=CC(=O)N1CC[C@H](n2nc(C#Cc3ccc4c(c3)ncn4C3CC3)c3c(N)ncc(C(=O)C(C)(C)C)c32)C1. The smallest absolute Gasteiger partial charge is 0.246 e. The number of amides is 1. The lowest BCUT2D eigenvalue weighted by Gasteiger charge is -2.19. The summed E-state index contributed by atoms with van der Waals surface area (Å²) in [6, 6.07) is 6.44. The second-order valence-electron chi connectivity index (χ2n) is 11.4. The topological polar surface area (TPSA) is 112 Å². The molecule has 0 radical (unpaired) electrons. The number of nitrogens with two attached hydrogens (primary N) is 1. The van der Waals surface area contributed by atoms with Crippen molar-refractivity contribution in [3.8, 4) is 11.8 Å². The predicted molar refractivity (Wildman–Crippen MR) is 150 cm³/mol. The van der Waals surface area contributed by atoms with Crippen LogP contribution in [0.1, 0.15) is 73.7 Å². The summed E-state index contributed by atoms with van der Waals surface area (Å²) in [7, 11) is 0. The maximum Gasteiger partial charge on any atom is 0.246 e. The van der Waals surface area contributed by atoms with Crippen LogP contribution >= 0.6 is 0 Å². The summed E-state index contributed by atoms with van der Waals surface area (Å²) in [5.74, 6) is 6.51. The molecule has 1 saturated carbocycles. The van der Waals surface area contributed by atoms with Crippen LogP contribution in [0, 0.1) is 17.3 Å². The highest BCUT2D eigenvalue weighted by Gasteiger charge is 2.33. The van der Waals surface area contributed by atoms with E-state index in [2.05, 4.69) is 39.0 Å². The number of pyridine rings is 1. The number of likely N-dealkylation sites (tertiary alicyclic amines) is 1. The molecule has 1 atom stereocenters. The molecule has 0 bridgehead atoms. The number of hydrogen-bond acceptors (Lipinski definition) is 6. The highest BCUT2D eigenvalue weighted by molar-refractivity contribution is 6.11. The zero-order valence-electron chi connectivity index (χ0n) is 22.4. The first-order valence-electron chi connectivity index (χ1n) is 13.3. The van der Waals surface area contributed by atoms with E-state index in [1.54, 1.807) is 4.90 Å². The molecule has 9 heteroatoms. The Labute approximate surface area is 226 Å². The standard InChI is InChI=1S/C30H31N7O2/c1-5-25(38)35-13-12-20(16-35)37-27-21(28(39)30(2,3)4)15-32-29(31)26(27)22(34-37)10-6-18-7-11-24-23(14-18)33-17-36(24)19-8-9-19/h5,7,11,14-15,17,19-20H,1,8-9,12-13,16H2,2-4H3,(H2,31,32)/t20-/m0/s1. The lowest BCUT2D eigenvalue weighted by atomic mass is 9.86. The molecule has 2 aliphatic rings. The van der Waals surface area contributed by atoms with Crippen LogP contribution in [0.4, 0.5) is 5.82 Å². The Morgan fingerprint density at radius 2 is 1.92 bits per heavy atom. The number of hydrogen-bond donors (Lipinski definition) is 1. The molecule has 39 heavy (non-hydrogen) atoms. The number of Topliss-reactive ketones (excluding diaryl/α,β-unsaturated/α-hetero) is 1. The largest absolute Gasteiger partial charge is 0.383 e. The van der Waals surface area contributed by atoms with E-state index in [9.17, 15) is 9.59 Å². The minimum atomic E-state index is -0.633. The van der Waals surface area contributed by atoms with Gasteiger partial charge in [0.25, 0.3) is 0 Å². The Hall–Kier alpha value is -4.45. The third-order valence-corrected chi connectivity index (χ3v) is 7.52. The van der Waals surface area contributed by atoms with Gasteiger partial charge in [0, 0.05) is 36.3 Å². The maximum atomic E-state index is 13.5. The molecule has 1 aliphatic heterocycles. The van der Waals surface area contributed by atoms with Gasteiger partial charge in [0.1, 0.15) is 11.5 Å². The van der Waals surface area contributed by atoms with Crippen molar-refractivity contribution in [3.05, 3.63) is 60.2 Å². The van der Waals surface area contributed by atoms with Crippen molar-refractivity contribution in [1.29, 1.82) is 0 Å². The highest BCUT2D eigenvalue weighted by Crippen LogP contribution is 2.37. The molecule has 0 spiro atoms. The first-order valence-corrected chi connectivity index (χ1v) is 13.3. The van der Waals surface area contributed by atoms with Crippen LogP contribution in [0.2, 0.25) is 0 Å². The van der Waals surface area contributed by atoms with Crippen LogP contribution in [0.15, 0.2) is 43.4 Å². The molecule has 1 amide bonds. The highest BCUT2D eigenvalue weighted by atomic mass is 16.2. The second-order valence-corrected chi connectivity index (χ2v) is 11.4. The summed E-state index contributed by atoms with van der Waals surface area (Å²) in [4.78, 5) is 36.5. The van der Waals surface area contributed by atoms with Crippen molar-refractivity contribution in [3.63, 3.8) is 0 Å². The Morgan fingerprint density at radius 3 is 2.64 bits per heavy atom. The molecule has 4 aromatic rings. The fourth-order valence-corrected chi connectivity index (χ4v) is 5.27. The van der Waals surface area contributed by atoms with E-state index in [4.69, 9.17) is 10.8 Å². The molecule has 2 fully saturated rings. The van der Waals surface area contributed by atoms with Crippen LogP contribution in [0.3, 0.4) is 0 Å². The van der Waals surface area contributed by atoms with Gasteiger partial charge >= 0.3 is 0 Å². The Kier molecular flexibility index (Phi) is 5.79. The third-order valence-electron chi connectivity index (χ3n) is 7.52. The fraction of sp³-hybridized carbons (Fsp3) is 0.367. The molecule has 0 unspecified atom stereocenters. The van der Waals surface area contributed by atoms with Crippen LogP contribution in [0.25, 0.3) is 21.9 Å². The summed E-state index contributed by atoms with van der Waals surface area (Å²) in [6.45, 7) is 10.3. The van der Waals surface area contributed by atoms with Crippen molar-refractivity contribution in [2.75, 3.05) is 18.8 Å². The van der Waals surface area contributed by atoms with Gasteiger partial charge < -0.3 is 15.2 Å². The zero-order valence-corrected chi connectivity index (χ0v) is 22.4. The van der Waals surface area contributed by atoms with Crippen molar-refractivity contribution in [1.82, 2.24) is 29.2 Å². The van der Waals surface area contributed by atoms with E-state index in [1.807, 2.05) is 43.9 Å². The minimum absolute atomic E-state index is 0.0608. The molecular formula is C30H31N7O2. The predicted octanol–water partition coefficient (Wildman–Crippen LogP) is 4.29. The number of fused-ring (bicyclic) bond motifs is 2. The van der Waals surface area contributed by atoms with E-state index >= 15 is 0 Å². The van der Waals surface area contributed by atoms with Crippen LogP contribution < -0.4 is 5.73 Å². The lowest BCUT2D eigenvalue weighted by molar-refractivity contribution is -0.125. The summed E-state index contributed by atoms with van der Waals surface area (Å²) >= 11 is 0. The third kappa shape index (κ3) is 4.36. The molecule has 6 rings (SSSR count). The molecular weight excluding hydrogens is 490 g/mol. The average Bonchev–Trinajstić information content (AvgIpc) is 3.32. The van der Waals surface area contributed by atoms with E-state index in [1.165, 1.54) is 25.1 Å². The number of carbonyl (C=O) groups is 2. The maximum absolute atomic E-state index is 13.5. The second kappa shape index (κ2) is 9.09. The zero-order chi connectivity index (χ0) is 27.5. The van der Waals surface area contributed by atoms with Crippen molar-refractivity contribution < 1.29 is 9.59 Å². The number of imidazole rings is 1. The van der Waals surface area contributed by atoms with Gasteiger partial charge in [-0.3, -0.25) is 14.3 Å². The Bertz CT molecular complexity index is 1720. The van der Waals surface area contributed by atoms with Gasteiger partial charge in [-0.15, -0.1) is 0 Å². The average molecular weight is 522 g/mol. The van der Waals surface area contributed by atoms with Crippen LogP contribution in [0.5, 0.6) is 0 Å². The Balaban J connectivity index is 1.47. The van der Waals surface area contributed by atoms with Crippen molar-refractivity contribution in [2.45, 2.75) is 52.1 Å². The fourth-order valence-electron chi connectivity index (χ4n) is 5.27. The van der Waals surface area contributed by atoms with Gasteiger partial charge in [-0.05, 0) is 49.5 Å². The number of nitrogen functional groups attached to an aromatic ring is 1. The van der Waals surface area contributed by atoms with Gasteiger partial charge in [-0.1, -0.05) is 33.3 Å². The quantitative estimate of drug-likeness (QED) is 0.244. The van der Waals surface area contributed by atoms with Crippen LogP contribution in [-0.4, -0.2) is 54.0 Å². The van der Waals surface area contributed by atoms with Gasteiger partial charge in [-0.2, -0.15) is 5.10 Å². The molecule has 3 aromatic heterocycles. The minimum Gasteiger partial charge on any atom is -0.383 e. The van der Waals surface area contributed by atoms with Crippen LogP contribution in [-0.2, 0) is 4.79 Å². The molecule has 198 valence electrons. The van der Waals surface area contributed by atoms with Crippen molar-refractivity contribution >= 4 is 39.4 Å². The summed E-state index contributed by atoms with van der Waals surface area (Å²) < 4.78 is 4.05. The molecule has 1 saturated heterocycles. The van der Waals surface area contributed by atoms with E-state index < -0.39 is 5.41 Å². The number of carbonyl (C=O) groups excluding carboxylic acids is 2. The lowest BCUT2D eigenvalue weighted by Crippen LogP contribution is -2.27. The monoisotopic (exact) mass is 521 g/mol. The number of ketones is 1. The molecule has 1 aliphatic carbocycles. The summed E-state index contributed by atoms with van der Waals surface area (Å²) in [5.41, 5.74) is 10.1. The van der Waals surface area contributed by atoms with Crippen molar-refractivity contribution in [2.24, 2.45) is 5.41 Å². The summed E-state index contributed by atoms with van der Waals surface area (Å²) in [6.07, 6.45) is 7.83. The number of anilines is 1. The molecule has 1 aromatic carbocycles. The van der Waals surface area contributed by atoms with Gasteiger partial charge in [0.05, 0.1) is 39.9 Å². The van der Waals surface area contributed by atoms with E-state index in [0.717, 1.165) is 16.6 Å². The summed E-state index contributed by atoms with van der Waals surface area (Å²) in [5, 5.41) is 5.44. The number of benzene rings is 1. The Morgan fingerprint density at radius 1 is 1.13 bits per heavy atom. The normalized spacial score (nSPS) is 17.4. The number of rotatable bonds is 4. The van der Waals surface area contributed by atoms with E-state index in [0.29, 0.717) is 47.7 Å². The first-order chi connectivity index (χ1) is 18.7. The molecule has 4 heterocycles. The van der Waals surface area contributed by atoms with Gasteiger partial charge in [0.2, 0.25) is 5.91 Å². The number of nitrogens with zero attached hydrogens (tertiary/aromatic N) is 6. The molecule has 2 N–H and O–H groups in total. The van der Waals surface area contributed by atoms with Gasteiger partial charge in [-0.25, -0.2) is 9.97 Å². The number of aromatic nitrogens is 5. The molecule has 9 nitrogen and oxygen atoms in total. The first kappa shape index (κ1) is 24.9. The van der Waals surface area contributed by atoms with E-state index in [-0.39, 0.29) is 23.6 Å². The van der Waals surface area contributed by atoms with Gasteiger partial charge in [0.15, 0.2) is 5.78 Å².